The third-order valence-electron chi connectivity index (χ3n) is 4.06. The second-order valence-electron chi connectivity index (χ2n) is 6.13. The summed E-state index contributed by atoms with van der Waals surface area (Å²) in [6.45, 7) is 4.07. The highest BCUT2D eigenvalue weighted by Gasteiger charge is 2.19. The van der Waals surface area contributed by atoms with E-state index in [-0.39, 0.29) is 5.91 Å². The summed E-state index contributed by atoms with van der Waals surface area (Å²) in [6, 6.07) is 13.5. The summed E-state index contributed by atoms with van der Waals surface area (Å²) >= 11 is 7.33. The lowest BCUT2D eigenvalue weighted by atomic mass is 10.1. The number of carbonyl (C=O) groups is 2. The van der Waals surface area contributed by atoms with Gasteiger partial charge in [-0.1, -0.05) is 35.9 Å². The van der Waals surface area contributed by atoms with Crippen LogP contribution in [0.4, 0.5) is 5.13 Å². The van der Waals surface area contributed by atoms with Gasteiger partial charge in [0.25, 0.3) is 5.91 Å². The van der Waals surface area contributed by atoms with Crippen molar-refractivity contribution >= 4 is 39.9 Å². The molecule has 3 rings (SSSR count). The topological polar surface area (TPSA) is 80.3 Å². The fraction of sp³-hybridized carbons (Fsp3) is 0.190. The maximum atomic E-state index is 12.5. The number of hydrogen-bond acceptors (Lipinski definition) is 5. The standard InChI is InChI=1S/C21H20ClN3O3S/c1-3-28-18-11-7-5-9-15(18)17-12-29-21(24-17)25-19(26)13(2)23-20(27)14-8-4-6-10-16(14)22/h4-13H,3H2,1-2H3,(H,23,27)(H,24,25,26). The molecule has 0 saturated heterocycles. The molecule has 0 aliphatic heterocycles. The maximum Gasteiger partial charge on any atom is 0.253 e. The summed E-state index contributed by atoms with van der Waals surface area (Å²) in [7, 11) is 0. The number of nitrogens with one attached hydrogen (secondary N) is 2. The van der Waals surface area contributed by atoms with E-state index >= 15 is 0 Å². The summed E-state index contributed by atoms with van der Waals surface area (Å²) < 4.78 is 5.63. The predicted molar refractivity (Wildman–Crippen MR) is 116 cm³/mol. The highest BCUT2D eigenvalue weighted by atomic mass is 35.5. The van der Waals surface area contributed by atoms with Gasteiger partial charge >= 0.3 is 0 Å². The van der Waals surface area contributed by atoms with Crippen LogP contribution in [0, 0.1) is 0 Å². The normalized spacial score (nSPS) is 11.6. The molecule has 29 heavy (non-hydrogen) atoms. The molecule has 0 saturated carbocycles. The van der Waals surface area contributed by atoms with Crippen LogP contribution in [-0.2, 0) is 4.79 Å². The fourth-order valence-corrected chi connectivity index (χ4v) is 3.55. The van der Waals surface area contributed by atoms with Crippen molar-refractivity contribution in [2.75, 3.05) is 11.9 Å². The quantitative estimate of drug-likeness (QED) is 0.574. The van der Waals surface area contributed by atoms with E-state index in [1.54, 1.807) is 31.2 Å². The zero-order valence-electron chi connectivity index (χ0n) is 15.9. The zero-order valence-corrected chi connectivity index (χ0v) is 17.5. The second-order valence-corrected chi connectivity index (χ2v) is 7.40. The van der Waals surface area contributed by atoms with Crippen LogP contribution in [-0.4, -0.2) is 29.4 Å². The lowest BCUT2D eigenvalue weighted by Gasteiger charge is -2.13. The van der Waals surface area contributed by atoms with E-state index in [0.717, 1.165) is 11.3 Å². The van der Waals surface area contributed by atoms with Gasteiger partial charge in [-0.05, 0) is 38.1 Å². The number of carbonyl (C=O) groups excluding carboxylic acids is 2. The molecule has 3 aromatic rings. The van der Waals surface area contributed by atoms with Crippen LogP contribution >= 0.6 is 22.9 Å². The van der Waals surface area contributed by atoms with E-state index < -0.39 is 11.9 Å². The molecule has 2 amide bonds. The van der Waals surface area contributed by atoms with E-state index in [1.165, 1.54) is 11.3 Å². The van der Waals surface area contributed by atoms with Crippen molar-refractivity contribution in [1.82, 2.24) is 10.3 Å². The molecule has 0 radical (unpaired) electrons. The first-order chi connectivity index (χ1) is 14.0. The molecule has 8 heteroatoms. The SMILES string of the molecule is CCOc1ccccc1-c1csc(NC(=O)C(C)NC(=O)c2ccccc2Cl)n1. The average Bonchev–Trinajstić information content (AvgIpc) is 3.17. The van der Waals surface area contributed by atoms with Crippen molar-refractivity contribution < 1.29 is 14.3 Å². The van der Waals surface area contributed by atoms with Gasteiger partial charge < -0.3 is 15.4 Å². The third kappa shape index (κ3) is 5.13. The number of amides is 2. The van der Waals surface area contributed by atoms with Crippen molar-refractivity contribution in [1.29, 1.82) is 0 Å². The second kappa shape index (κ2) is 9.54. The molecule has 6 nitrogen and oxygen atoms in total. The van der Waals surface area contributed by atoms with Gasteiger partial charge in [0.2, 0.25) is 5.91 Å². The summed E-state index contributed by atoms with van der Waals surface area (Å²) in [6.07, 6.45) is 0. The van der Waals surface area contributed by atoms with Gasteiger partial charge in [0.1, 0.15) is 11.8 Å². The minimum absolute atomic E-state index is 0.317. The number of ether oxygens (including phenoxy) is 1. The van der Waals surface area contributed by atoms with Gasteiger partial charge in [0.15, 0.2) is 5.13 Å². The Morgan fingerprint density at radius 1 is 1.17 bits per heavy atom. The fourth-order valence-electron chi connectivity index (χ4n) is 2.61. The number of anilines is 1. The van der Waals surface area contributed by atoms with Gasteiger partial charge in [0.05, 0.1) is 22.9 Å². The highest BCUT2D eigenvalue weighted by Crippen LogP contribution is 2.32. The van der Waals surface area contributed by atoms with Crippen LogP contribution in [0.25, 0.3) is 11.3 Å². The van der Waals surface area contributed by atoms with Crippen molar-refractivity contribution in [3.8, 4) is 17.0 Å². The Bertz CT molecular complexity index is 1020. The van der Waals surface area contributed by atoms with E-state index in [1.807, 2.05) is 36.6 Å². The molecular formula is C21H20ClN3O3S. The summed E-state index contributed by atoms with van der Waals surface area (Å²) in [5, 5.41) is 7.99. The van der Waals surface area contributed by atoms with Crippen molar-refractivity contribution in [3.05, 3.63) is 64.5 Å². The van der Waals surface area contributed by atoms with Crippen LogP contribution in [0.2, 0.25) is 5.02 Å². The minimum Gasteiger partial charge on any atom is -0.493 e. The first-order valence-electron chi connectivity index (χ1n) is 9.03. The number of para-hydroxylation sites is 1. The smallest absolute Gasteiger partial charge is 0.253 e. The van der Waals surface area contributed by atoms with Gasteiger partial charge in [0, 0.05) is 10.9 Å². The van der Waals surface area contributed by atoms with Gasteiger partial charge in [-0.25, -0.2) is 4.98 Å². The molecule has 150 valence electrons. The average molecular weight is 430 g/mol. The van der Waals surface area contributed by atoms with E-state index in [2.05, 4.69) is 15.6 Å². The van der Waals surface area contributed by atoms with E-state index in [9.17, 15) is 9.59 Å². The third-order valence-corrected chi connectivity index (χ3v) is 5.14. The Labute approximate surface area is 177 Å². The Hall–Kier alpha value is -2.90. The number of nitrogens with zero attached hydrogens (tertiary/aromatic N) is 1. The summed E-state index contributed by atoms with van der Waals surface area (Å²) in [5.41, 5.74) is 1.88. The zero-order chi connectivity index (χ0) is 20.8. The van der Waals surface area contributed by atoms with E-state index in [4.69, 9.17) is 16.3 Å². The number of aromatic nitrogens is 1. The largest absolute Gasteiger partial charge is 0.493 e. The monoisotopic (exact) mass is 429 g/mol. The van der Waals surface area contributed by atoms with Crippen LogP contribution < -0.4 is 15.4 Å². The number of hydrogen-bond donors (Lipinski definition) is 2. The minimum atomic E-state index is -0.762. The van der Waals surface area contributed by atoms with Crippen molar-refractivity contribution in [2.45, 2.75) is 19.9 Å². The van der Waals surface area contributed by atoms with Crippen molar-refractivity contribution in [2.24, 2.45) is 0 Å². The van der Waals surface area contributed by atoms with Gasteiger partial charge in [-0.2, -0.15) is 0 Å². The van der Waals surface area contributed by atoms with Crippen molar-refractivity contribution in [3.63, 3.8) is 0 Å². The molecule has 0 aliphatic rings. The Morgan fingerprint density at radius 2 is 1.90 bits per heavy atom. The molecule has 0 aliphatic carbocycles. The van der Waals surface area contributed by atoms with Gasteiger partial charge in [-0.15, -0.1) is 11.3 Å². The predicted octanol–water partition coefficient (Wildman–Crippen LogP) is 4.62. The molecule has 0 bridgehead atoms. The first kappa shape index (κ1) is 20.8. The summed E-state index contributed by atoms with van der Waals surface area (Å²) in [4.78, 5) is 29.3. The molecule has 2 N–H and O–H groups in total. The van der Waals surface area contributed by atoms with Crippen LogP contribution in [0.1, 0.15) is 24.2 Å². The molecule has 1 aromatic heterocycles. The molecule has 1 unspecified atom stereocenters. The van der Waals surface area contributed by atoms with Crippen LogP contribution in [0.5, 0.6) is 5.75 Å². The highest BCUT2D eigenvalue weighted by molar-refractivity contribution is 7.14. The molecule has 0 fully saturated rings. The maximum absolute atomic E-state index is 12.5. The molecule has 1 atom stereocenters. The number of benzene rings is 2. The molecule has 1 heterocycles. The number of thiazole rings is 1. The lowest BCUT2D eigenvalue weighted by Crippen LogP contribution is -2.41. The number of rotatable bonds is 7. The molecule has 0 spiro atoms. The molecule has 2 aromatic carbocycles. The lowest BCUT2D eigenvalue weighted by molar-refractivity contribution is -0.117. The molecular weight excluding hydrogens is 410 g/mol. The Balaban J connectivity index is 1.66. The van der Waals surface area contributed by atoms with Gasteiger partial charge in [-0.3, -0.25) is 9.59 Å². The van der Waals surface area contributed by atoms with Crippen LogP contribution in [0.15, 0.2) is 53.9 Å². The van der Waals surface area contributed by atoms with Crippen LogP contribution in [0.3, 0.4) is 0 Å². The van der Waals surface area contributed by atoms with E-state index in [0.29, 0.717) is 28.0 Å². The summed E-state index contributed by atoms with van der Waals surface area (Å²) in [5.74, 6) is -0.0494. The Kier molecular flexibility index (Phi) is 6.85. The number of halogens is 1. The Morgan fingerprint density at radius 3 is 2.66 bits per heavy atom. The first-order valence-corrected chi connectivity index (χ1v) is 10.3.